The lowest BCUT2D eigenvalue weighted by atomic mass is 10.2. The Balaban J connectivity index is 1.18. The number of nitrogens with one attached hydrogen (secondary N) is 1. The van der Waals surface area contributed by atoms with Gasteiger partial charge in [0.2, 0.25) is 0 Å². The van der Waals surface area contributed by atoms with Crippen LogP contribution in [0.2, 0.25) is 0 Å². The lowest BCUT2D eigenvalue weighted by molar-refractivity contribution is 0.0622. The van der Waals surface area contributed by atoms with Crippen molar-refractivity contribution in [3.63, 3.8) is 0 Å². The Bertz CT molecular complexity index is 1240. The molecule has 0 unspecified atom stereocenters. The number of nitrogens with zero attached hydrogens (tertiary/aromatic N) is 3. The number of ether oxygens (including phenoxy) is 1. The van der Waals surface area contributed by atoms with Crippen molar-refractivity contribution < 1.29 is 13.9 Å². The molecule has 1 aliphatic heterocycles. The predicted molar refractivity (Wildman–Crippen MR) is 124 cm³/mol. The lowest BCUT2D eigenvalue weighted by Gasteiger charge is -2.34. The Labute approximate surface area is 189 Å². The zero-order valence-electron chi connectivity index (χ0n) is 17.7. The summed E-state index contributed by atoms with van der Waals surface area (Å²) in [7, 11) is 1.66. The Morgan fingerprint density at radius 3 is 2.66 bits per heavy atom. The molecular weight excluding hydrogens is 427 g/mol. The van der Waals surface area contributed by atoms with E-state index in [1.165, 1.54) is 12.1 Å². The summed E-state index contributed by atoms with van der Waals surface area (Å²) in [5, 5.41) is 3.80. The standard InChI is InChI=1S/C24H23FN4O2S/c1-31-20-5-2-16(3-6-20)23-26-19(15-32-23)14-28-8-10-29(11-9-28)24(30)22-13-17-12-18(25)4-7-21(17)27-22/h2-7,12-13,15,27H,8-11,14H2,1H3. The van der Waals surface area contributed by atoms with Gasteiger partial charge in [0, 0.05) is 54.6 Å². The number of hydrogen-bond acceptors (Lipinski definition) is 5. The average molecular weight is 451 g/mol. The molecule has 8 heteroatoms. The van der Waals surface area contributed by atoms with Crippen LogP contribution in [-0.2, 0) is 6.54 Å². The van der Waals surface area contributed by atoms with Crippen LogP contribution in [0.15, 0.2) is 53.9 Å². The second-order valence-corrected chi connectivity index (χ2v) is 8.71. The van der Waals surface area contributed by atoms with Crippen molar-refractivity contribution in [2.24, 2.45) is 0 Å². The first-order chi connectivity index (χ1) is 15.6. The number of aromatic amines is 1. The fourth-order valence-corrected chi connectivity index (χ4v) is 4.79. The maximum absolute atomic E-state index is 13.4. The van der Waals surface area contributed by atoms with Crippen molar-refractivity contribution in [2.45, 2.75) is 6.54 Å². The summed E-state index contributed by atoms with van der Waals surface area (Å²) in [6.07, 6.45) is 0. The highest BCUT2D eigenvalue weighted by molar-refractivity contribution is 7.13. The third kappa shape index (κ3) is 4.24. The number of amides is 1. The van der Waals surface area contributed by atoms with E-state index in [1.807, 2.05) is 29.2 Å². The monoisotopic (exact) mass is 450 g/mol. The van der Waals surface area contributed by atoms with Crippen LogP contribution in [0, 0.1) is 5.82 Å². The van der Waals surface area contributed by atoms with Gasteiger partial charge in [-0.05, 0) is 48.5 Å². The molecule has 0 radical (unpaired) electrons. The highest BCUT2D eigenvalue weighted by atomic mass is 32.1. The Kier molecular flexibility index (Phi) is 5.63. The zero-order chi connectivity index (χ0) is 22.1. The SMILES string of the molecule is COc1ccc(-c2nc(CN3CCN(C(=O)c4cc5cc(F)ccc5[nH]4)CC3)cs2)cc1. The summed E-state index contributed by atoms with van der Waals surface area (Å²) >= 11 is 1.64. The number of carbonyl (C=O) groups excluding carboxylic acids is 1. The highest BCUT2D eigenvalue weighted by Gasteiger charge is 2.24. The van der Waals surface area contributed by atoms with Crippen molar-refractivity contribution in [1.82, 2.24) is 19.8 Å². The first-order valence-electron chi connectivity index (χ1n) is 10.5. The lowest BCUT2D eigenvalue weighted by Crippen LogP contribution is -2.48. The summed E-state index contributed by atoms with van der Waals surface area (Å²) < 4.78 is 18.6. The van der Waals surface area contributed by atoms with E-state index in [1.54, 1.807) is 30.6 Å². The van der Waals surface area contributed by atoms with E-state index >= 15 is 0 Å². The molecule has 1 N–H and O–H groups in total. The minimum Gasteiger partial charge on any atom is -0.497 e. The van der Waals surface area contributed by atoms with Gasteiger partial charge in [-0.2, -0.15) is 0 Å². The van der Waals surface area contributed by atoms with Crippen LogP contribution in [0.1, 0.15) is 16.2 Å². The smallest absolute Gasteiger partial charge is 0.270 e. The quantitative estimate of drug-likeness (QED) is 0.490. The molecule has 2 aromatic heterocycles. The molecule has 1 fully saturated rings. The zero-order valence-corrected chi connectivity index (χ0v) is 18.5. The topological polar surface area (TPSA) is 61.5 Å². The number of benzene rings is 2. The van der Waals surface area contributed by atoms with Crippen LogP contribution in [0.5, 0.6) is 5.75 Å². The fraction of sp³-hybridized carbons (Fsp3) is 0.250. The van der Waals surface area contributed by atoms with Gasteiger partial charge in [-0.25, -0.2) is 9.37 Å². The number of halogens is 1. The van der Waals surface area contributed by atoms with Gasteiger partial charge in [0.1, 0.15) is 22.3 Å². The first-order valence-corrected chi connectivity index (χ1v) is 11.4. The molecular formula is C24H23FN4O2S. The van der Waals surface area contributed by atoms with Crippen molar-refractivity contribution in [1.29, 1.82) is 0 Å². The number of thiazole rings is 1. The number of carbonyl (C=O) groups is 1. The number of rotatable bonds is 5. The summed E-state index contributed by atoms with van der Waals surface area (Å²) in [4.78, 5) is 24.9. The van der Waals surface area contributed by atoms with Crippen molar-refractivity contribution in [3.8, 4) is 16.3 Å². The van der Waals surface area contributed by atoms with E-state index in [9.17, 15) is 9.18 Å². The molecule has 32 heavy (non-hydrogen) atoms. The number of methoxy groups -OCH3 is 1. The molecule has 0 atom stereocenters. The molecule has 2 aromatic carbocycles. The molecule has 6 nitrogen and oxygen atoms in total. The average Bonchev–Trinajstić information content (AvgIpc) is 3.46. The Morgan fingerprint density at radius 2 is 1.91 bits per heavy atom. The van der Waals surface area contributed by atoms with Gasteiger partial charge in [-0.15, -0.1) is 11.3 Å². The van der Waals surface area contributed by atoms with Gasteiger partial charge in [-0.1, -0.05) is 0 Å². The molecule has 5 rings (SSSR count). The van der Waals surface area contributed by atoms with Gasteiger partial charge < -0.3 is 14.6 Å². The van der Waals surface area contributed by atoms with Crippen LogP contribution < -0.4 is 4.74 Å². The number of aromatic nitrogens is 2. The van der Waals surface area contributed by atoms with E-state index in [0.717, 1.165) is 47.2 Å². The van der Waals surface area contributed by atoms with Gasteiger partial charge >= 0.3 is 0 Å². The van der Waals surface area contributed by atoms with Crippen LogP contribution in [0.3, 0.4) is 0 Å². The van der Waals surface area contributed by atoms with Gasteiger partial charge in [0.25, 0.3) is 5.91 Å². The normalized spacial score (nSPS) is 14.8. The van der Waals surface area contributed by atoms with Gasteiger partial charge in [0.05, 0.1) is 12.8 Å². The molecule has 0 saturated carbocycles. The van der Waals surface area contributed by atoms with E-state index in [2.05, 4.69) is 15.3 Å². The van der Waals surface area contributed by atoms with E-state index in [0.29, 0.717) is 24.2 Å². The first kappa shape index (κ1) is 20.7. The molecule has 3 heterocycles. The van der Waals surface area contributed by atoms with E-state index < -0.39 is 0 Å². The number of piperazine rings is 1. The number of hydrogen-bond donors (Lipinski definition) is 1. The van der Waals surface area contributed by atoms with Gasteiger partial charge in [0.15, 0.2) is 0 Å². The van der Waals surface area contributed by atoms with Crippen LogP contribution >= 0.6 is 11.3 Å². The Morgan fingerprint density at radius 1 is 1.12 bits per heavy atom. The predicted octanol–water partition coefficient (Wildman–Crippen LogP) is 4.40. The van der Waals surface area contributed by atoms with Gasteiger partial charge in [-0.3, -0.25) is 9.69 Å². The van der Waals surface area contributed by atoms with Crippen LogP contribution in [0.25, 0.3) is 21.5 Å². The number of fused-ring (bicyclic) bond motifs is 1. The molecule has 164 valence electrons. The minimum absolute atomic E-state index is 0.0447. The van der Waals surface area contributed by atoms with Crippen molar-refractivity contribution >= 4 is 28.1 Å². The molecule has 4 aromatic rings. The third-order valence-corrected chi connectivity index (χ3v) is 6.69. The Hall–Kier alpha value is -3.23. The van der Waals surface area contributed by atoms with Crippen LogP contribution in [-0.4, -0.2) is 59.0 Å². The largest absolute Gasteiger partial charge is 0.497 e. The molecule has 1 aliphatic rings. The summed E-state index contributed by atoms with van der Waals surface area (Å²) in [6.45, 7) is 3.64. The second-order valence-electron chi connectivity index (χ2n) is 7.86. The third-order valence-electron chi connectivity index (χ3n) is 5.75. The number of H-pyrrole nitrogens is 1. The molecule has 0 aliphatic carbocycles. The molecule has 0 bridgehead atoms. The molecule has 1 saturated heterocycles. The van der Waals surface area contributed by atoms with Crippen molar-refractivity contribution in [3.05, 3.63) is 71.1 Å². The van der Waals surface area contributed by atoms with E-state index in [4.69, 9.17) is 9.72 Å². The maximum atomic E-state index is 13.4. The van der Waals surface area contributed by atoms with Crippen LogP contribution in [0.4, 0.5) is 4.39 Å². The minimum atomic E-state index is -0.304. The maximum Gasteiger partial charge on any atom is 0.270 e. The summed E-state index contributed by atoms with van der Waals surface area (Å²) in [6, 6.07) is 14.1. The molecule has 0 spiro atoms. The highest BCUT2D eigenvalue weighted by Crippen LogP contribution is 2.26. The van der Waals surface area contributed by atoms with E-state index in [-0.39, 0.29) is 11.7 Å². The second kappa shape index (κ2) is 8.72. The fourth-order valence-electron chi connectivity index (χ4n) is 3.97. The summed E-state index contributed by atoms with van der Waals surface area (Å²) in [5.41, 5.74) is 3.39. The summed E-state index contributed by atoms with van der Waals surface area (Å²) in [5.74, 6) is 0.482. The van der Waals surface area contributed by atoms with Crippen molar-refractivity contribution in [2.75, 3.05) is 33.3 Å². The molecule has 1 amide bonds.